The van der Waals surface area contributed by atoms with Crippen LogP contribution in [0.15, 0.2) is 12.2 Å². The Morgan fingerprint density at radius 1 is 0.909 bits per heavy atom. The van der Waals surface area contributed by atoms with Gasteiger partial charge in [-0.3, -0.25) is 9.59 Å². The highest BCUT2D eigenvalue weighted by molar-refractivity contribution is 5.82. The van der Waals surface area contributed by atoms with Crippen LogP contribution in [0.1, 0.15) is 77.0 Å². The first-order chi connectivity index (χ1) is 10.8. The monoisotopic (exact) mass is 306 g/mol. The Labute approximate surface area is 134 Å². The molecule has 124 valence electrons. The zero-order chi connectivity index (χ0) is 15.6. The minimum Gasteiger partial charge on any atom is -0.373 e. The molecule has 0 aromatic heterocycles. The van der Waals surface area contributed by atoms with Gasteiger partial charge < -0.3 is 4.74 Å². The highest BCUT2D eigenvalue weighted by atomic mass is 16.6. The SMILES string of the molecule is O=C1CCCCCC/C=C\CCC(CC2CO2)C(=O)CCC1. The van der Waals surface area contributed by atoms with Crippen molar-refractivity contribution < 1.29 is 14.3 Å². The molecule has 3 heteroatoms. The topological polar surface area (TPSA) is 46.7 Å². The summed E-state index contributed by atoms with van der Waals surface area (Å²) in [5.41, 5.74) is 0. The van der Waals surface area contributed by atoms with E-state index in [-0.39, 0.29) is 5.92 Å². The fourth-order valence-electron chi connectivity index (χ4n) is 3.19. The van der Waals surface area contributed by atoms with E-state index < -0.39 is 0 Å². The van der Waals surface area contributed by atoms with E-state index in [1.807, 2.05) is 0 Å². The summed E-state index contributed by atoms with van der Waals surface area (Å²) in [5.74, 6) is 0.797. The first-order valence-electron chi connectivity index (χ1n) is 9.06. The Morgan fingerprint density at radius 2 is 1.64 bits per heavy atom. The van der Waals surface area contributed by atoms with Crippen molar-refractivity contribution in [3.05, 3.63) is 12.2 Å². The lowest BCUT2D eigenvalue weighted by molar-refractivity contribution is -0.123. The molecule has 1 aliphatic carbocycles. The molecule has 2 atom stereocenters. The summed E-state index contributed by atoms with van der Waals surface area (Å²) in [6, 6.07) is 0. The van der Waals surface area contributed by atoms with E-state index in [9.17, 15) is 9.59 Å². The predicted octanol–water partition coefficient (Wildman–Crippen LogP) is 4.39. The lowest BCUT2D eigenvalue weighted by atomic mass is 9.90. The van der Waals surface area contributed by atoms with Crippen LogP contribution < -0.4 is 0 Å². The first kappa shape index (κ1) is 17.4. The molecule has 2 rings (SSSR count). The Hall–Kier alpha value is -0.960. The lowest BCUT2D eigenvalue weighted by Crippen LogP contribution is -2.17. The van der Waals surface area contributed by atoms with Crippen molar-refractivity contribution in [1.29, 1.82) is 0 Å². The van der Waals surface area contributed by atoms with Crippen LogP contribution in [-0.4, -0.2) is 24.3 Å². The fourth-order valence-corrected chi connectivity index (χ4v) is 3.19. The number of hydrogen-bond donors (Lipinski definition) is 0. The van der Waals surface area contributed by atoms with Crippen LogP contribution in [0, 0.1) is 5.92 Å². The number of carbonyl (C=O) groups excluding carboxylic acids is 2. The molecule has 0 aromatic rings. The minimum absolute atomic E-state index is 0.125. The summed E-state index contributed by atoms with van der Waals surface area (Å²) in [6.07, 6.45) is 15.9. The lowest BCUT2D eigenvalue weighted by Gasteiger charge is -2.14. The molecule has 0 radical (unpaired) electrons. The minimum atomic E-state index is 0.125. The Balaban J connectivity index is 1.83. The molecule has 0 bridgehead atoms. The predicted molar refractivity (Wildman–Crippen MR) is 87.8 cm³/mol. The van der Waals surface area contributed by atoms with Crippen molar-refractivity contribution in [3.63, 3.8) is 0 Å². The van der Waals surface area contributed by atoms with Gasteiger partial charge in [0, 0.05) is 25.2 Å². The zero-order valence-corrected chi connectivity index (χ0v) is 13.7. The Kier molecular flexibility index (Phi) is 7.86. The van der Waals surface area contributed by atoms with Crippen LogP contribution in [0.3, 0.4) is 0 Å². The van der Waals surface area contributed by atoms with Crippen molar-refractivity contribution in [1.82, 2.24) is 0 Å². The summed E-state index contributed by atoms with van der Waals surface area (Å²) in [5, 5.41) is 0. The van der Waals surface area contributed by atoms with Crippen LogP contribution in [-0.2, 0) is 14.3 Å². The average Bonchev–Trinajstić information content (AvgIpc) is 3.30. The van der Waals surface area contributed by atoms with E-state index in [0.29, 0.717) is 36.9 Å². The van der Waals surface area contributed by atoms with Gasteiger partial charge in [-0.05, 0) is 44.9 Å². The van der Waals surface area contributed by atoms with Gasteiger partial charge in [0.1, 0.15) is 11.6 Å². The molecule has 1 saturated heterocycles. The molecule has 0 aromatic carbocycles. The number of epoxide rings is 1. The van der Waals surface area contributed by atoms with Gasteiger partial charge in [0.25, 0.3) is 0 Å². The molecule has 0 N–H and O–H groups in total. The van der Waals surface area contributed by atoms with E-state index in [2.05, 4.69) is 12.2 Å². The van der Waals surface area contributed by atoms with Crippen LogP contribution >= 0.6 is 0 Å². The smallest absolute Gasteiger partial charge is 0.136 e. The van der Waals surface area contributed by atoms with Crippen molar-refractivity contribution in [2.45, 2.75) is 83.2 Å². The number of rotatable bonds is 2. The number of Topliss-reactive ketones (excluding diaryl/α,β-unsaturated/α-hetero) is 2. The van der Waals surface area contributed by atoms with Crippen molar-refractivity contribution in [2.75, 3.05) is 6.61 Å². The number of hydrogen-bond acceptors (Lipinski definition) is 3. The van der Waals surface area contributed by atoms with Crippen molar-refractivity contribution in [2.24, 2.45) is 5.92 Å². The molecular weight excluding hydrogens is 276 g/mol. The number of carbonyl (C=O) groups is 2. The second kappa shape index (κ2) is 9.94. The fraction of sp³-hybridized carbons (Fsp3) is 0.789. The van der Waals surface area contributed by atoms with Crippen LogP contribution in [0.5, 0.6) is 0 Å². The van der Waals surface area contributed by atoms with Gasteiger partial charge in [-0.1, -0.05) is 25.0 Å². The molecule has 22 heavy (non-hydrogen) atoms. The van der Waals surface area contributed by atoms with Gasteiger partial charge in [-0.2, -0.15) is 0 Å². The van der Waals surface area contributed by atoms with E-state index in [1.54, 1.807) is 0 Å². The molecule has 0 amide bonds. The first-order valence-corrected chi connectivity index (χ1v) is 9.06. The molecule has 2 unspecified atom stereocenters. The summed E-state index contributed by atoms with van der Waals surface area (Å²) in [4.78, 5) is 24.2. The van der Waals surface area contributed by atoms with E-state index >= 15 is 0 Å². The maximum absolute atomic E-state index is 12.4. The summed E-state index contributed by atoms with van der Waals surface area (Å²) in [6.45, 7) is 0.818. The second-order valence-corrected chi connectivity index (χ2v) is 6.75. The van der Waals surface area contributed by atoms with Crippen LogP contribution in [0.25, 0.3) is 0 Å². The molecule has 0 saturated carbocycles. The third-order valence-electron chi connectivity index (χ3n) is 4.71. The van der Waals surface area contributed by atoms with Gasteiger partial charge in [-0.15, -0.1) is 0 Å². The van der Waals surface area contributed by atoms with Gasteiger partial charge >= 0.3 is 0 Å². The summed E-state index contributed by atoms with van der Waals surface area (Å²) < 4.78 is 5.29. The second-order valence-electron chi connectivity index (χ2n) is 6.75. The molecule has 1 heterocycles. The van der Waals surface area contributed by atoms with Gasteiger partial charge in [0.2, 0.25) is 0 Å². The maximum atomic E-state index is 12.4. The van der Waals surface area contributed by atoms with E-state index in [4.69, 9.17) is 4.74 Å². The molecular formula is C19H30O3. The Morgan fingerprint density at radius 3 is 2.45 bits per heavy atom. The summed E-state index contributed by atoms with van der Waals surface area (Å²) >= 11 is 0. The average molecular weight is 306 g/mol. The van der Waals surface area contributed by atoms with Crippen molar-refractivity contribution >= 4 is 11.6 Å². The quantitative estimate of drug-likeness (QED) is 0.561. The van der Waals surface area contributed by atoms with Crippen LogP contribution in [0.4, 0.5) is 0 Å². The van der Waals surface area contributed by atoms with Crippen LogP contribution in [0.2, 0.25) is 0 Å². The van der Waals surface area contributed by atoms with E-state index in [0.717, 1.165) is 51.6 Å². The van der Waals surface area contributed by atoms with Crippen molar-refractivity contribution in [3.8, 4) is 0 Å². The molecule has 3 nitrogen and oxygen atoms in total. The van der Waals surface area contributed by atoms with Gasteiger partial charge in [-0.25, -0.2) is 0 Å². The molecule has 2 aliphatic rings. The number of ketones is 2. The molecule has 1 fully saturated rings. The molecule has 0 spiro atoms. The number of allylic oxidation sites excluding steroid dienone is 2. The van der Waals surface area contributed by atoms with Gasteiger partial charge in [0.05, 0.1) is 12.7 Å². The maximum Gasteiger partial charge on any atom is 0.136 e. The highest BCUT2D eigenvalue weighted by Crippen LogP contribution is 2.25. The largest absolute Gasteiger partial charge is 0.373 e. The normalized spacial score (nSPS) is 30.9. The van der Waals surface area contributed by atoms with Gasteiger partial charge in [0.15, 0.2) is 0 Å². The summed E-state index contributed by atoms with van der Waals surface area (Å²) in [7, 11) is 0. The zero-order valence-electron chi connectivity index (χ0n) is 13.7. The van der Waals surface area contributed by atoms with E-state index in [1.165, 1.54) is 12.8 Å². The standard InChI is InChI=1S/C19H30O3/c20-17-11-8-6-4-2-1-3-5-7-10-16(14-18-15-22-18)19(21)13-9-12-17/h3,5,16,18H,1-2,4,6-15H2/b5-3-. The third kappa shape index (κ3) is 7.35. The third-order valence-corrected chi connectivity index (χ3v) is 4.71. The Bertz CT molecular complexity index is 382. The number of ether oxygens (including phenoxy) is 1. The highest BCUT2D eigenvalue weighted by Gasteiger charge is 2.29. The molecule has 1 aliphatic heterocycles.